The molecule has 2 heterocycles. The van der Waals surface area contributed by atoms with E-state index < -0.39 is 11.9 Å². The first-order valence-corrected chi connectivity index (χ1v) is 6.15. The Morgan fingerprint density at radius 1 is 1.58 bits per heavy atom. The molecule has 0 aromatic carbocycles. The van der Waals surface area contributed by atoms with E-state index in [1.165, 1.54) is 6.33 Å². The number of anilines is 1. The maximum atomic E-state index is 11.1. The first kappa shape index (κ1) is 13.5. The number of nitrogens with zero attached hydrogens (tertiary/aromatic N) is 2. The summed E-state index contributed by atoms with van der Waals surface area (Å²) in [4.78, 5) is 19.2. The molecule has 1 aliphatic heterocycles. The van der Waals surface area contributed by atoms with Crippen LogP contribution in [0.5, 0.6) is 5.88 Å². The summed E-state index contributed by atoms with van der Waals surface area (Å²) in [6.45, 7) is 4.79. The summed E-state index contributed by atoms with van der Waals surface area (Å²) >= 11 is 0. The first-order chi connectivity index (χ1) is 9.13. The Hall–Kier alpha value is -1.89. The summed E-state index contributed by atoms with van der Waals surface area (Å²) in [7, 11) is 0. The molecule has 0 amide bonds. The third-order valence-corrected chi connectivity index (χ3v) is 3.04. The summed E-state index contributed by atoms with van der Waals surface area (Å²) in [5.41, 5.74) is 0.764. The highest BCUT2D eigenvalue weighted by atomic mass is 16.5. The number of nitrogens with one attached hydrogen (secondary N) is 1. The second-order valence-electron chi connectivity index (χ2n) is 4.32. The minimum Gasteiger partial charge on any atom is -0.481 e. The summed E-state index contributed by atoms with van der Waals surface area (Å²) in [6.07, 6.45) is 1.39. The third kappa shape index (κ3) is 2.93. The molecule has 19 heavy (non-hydrogen) atoms. The van der Waals surface area contributed by atoms with Crippen LogP contribution in [-0.4, -0.2) is 46.9 Å². The number of carboxylic acids is 1. The van der Waals surface area contributed by atoms with E-state index in [0.717, 1.165) is 5.56 Å². The lowest BCUT2D eigenvalue weighted by atomic mass is 10.0. The molecule has 7 heteroatoms. The van der Waals surface area contributed by atoms with Crippen LogP contribution in [0.4, 0.5) is 5.82 Å². The number of hydrogen-bond acceptors (Lipinski definition) is 6. The maximum absolute atomic E-state index is 11.1. The van der Waals surface area contributed by atoms with Gasteiger partial charge in [-0.2, -0.15) is 0 Å². The molecular weight excluding hydrogens is 250 g/mol. The van der Waals surface area contributed by atoms with Gasteiger partial charge in [0, 0.05) is 0 Å². The Bertz CT molecular complexity index is 466. The van der Waals surface area contributed by atoms with Crippen LogP contribution in [0.1, 0.15) is 12.5 Å². The van der Waals surface area contributed by atoms with Crippen LogP contribution < -0.4 is 10.1 Å². The van der Waals surface area contributed by atoms with Gasteiger partial charge in [-0.1, -0.05) is 0 Å². The lowest BCUT2D eigenvalue weighted by Gasteiger charge is -2.18. The molecule has 1 fully saturated rings. The number of carboxylic acid groups (broad SMARTS) is 1. The Morgan fingerprint density at radius 3 is 3.05 bits per heavy atom. The van der Waals surface area contributed by atoms with Gasteiger partial charge in [0.05, 0.1) is 31.4 Å². The number of carbonyl (C=O) groups is 1. The summed E-state index contributed by atoms with van der Waals surface area (Å²) in [5, 5.41) is 12.2. The molecule has 2 rings (SSSR count). The van der Waals surface area contributed by atoms with E-state index in [2.05, 4.69) is 15.3 Å². The van der Waals surface area contributed by atoms with Gasteiger partial charge < -0.3 is 19.9 Å². The average Bonchev–Trinajstić information content (AvgIpc) is 2.83. The SMILES string of the molecule is CCOc1ncnc(NC2COCC2C(=O)O)c1C. The molecule has 0 aliphatic carbocycles. The quantitative estimate of drug-likeness (QED) is 0.810. The van der Waals surface area contributed by atoms with Crippen molar-refractivity contribution in [3.05, 3.63) is 11.9 Å². The van der Waals surface area contributed by atoms with Gasteiger partial charge in [-0.3, -0.25) is 4.79 Å². The average molecular weight is 267 g/mol. The smallest absolute Gasteiger partial charge is 0.311 e. The zero-order valence-corrected chi connectivity index (χ0v) is 10.9. The number of aliphatic carboxylic acids is 1. The molecule has 1 aromatic rings. The molecule has 7 nitrogen and oxygen atoms in total. The second kappa shape index (κ2) is 5.83. The predicted molar refractivity (Wildman–Crippen MR) is 67.3 cm³/mol. The van der Waals surface area contributed by atoms with E-state index in [-0.39, 0.29) is 12.6 Å². The lowest BCUT2D eigenvalue weighted by Crippen LogP contribution is -2.33. The number of rotatable bonds is 5. The highest BCUT2D eigenvalue weighted by molar-refractivity contribution is 5.72. The van der Waals surface area contributed by atoms with Crippen LogP contribution in [-0.2, 0) is 9.53 Å². The largest absolute Gasteiger partial charge is 0.481 e. The van der Waals surface area contributed by atoms with Crippen LogP contribution in [0.3, 0.4) is 0 Å². The van der Waals surface area contributed by atoms with Crippen molar-refractivity contribution in [2.24, 2.45) is 5.92 Å². The minimum absolute atomic E-state index is 0.218. The van der Waals surface area contributed by atoms with Gasteiger partial charge in [-0.15, -0.1) is 0 Å². The van der Waals surface area contributed by atoms with Gasteiger partial charge in [-0.05, 0) is 13.8 Å². The molecule has 0 saturated carbocycles. The Labute approximate surface area is 111 Å². The molecule has 1 saturated heterocycles. The van der Waals surface area contributed by atoms with Gasteiger partial charge in [-0.25, -0.2) is 9.97 Å². The molecule has 2 unspecified atom stereocenters. The third-order valence-electron chi connectivity index (χ3n) is 3.04. The second-order valence-corrected chi connectivity index (χ2v) is 4.32. The van der Waals surface area contributed by atoms with Crippen LogP contribution >= 0.6 is 0 Å². The van der Waals surface area contributed by atoms with E-state index in [9.17, 15) is 4.79 Å². The normalized spacial score (nSPS) is 22.2. The predicted octanol–water partition coefficient (Wildman–Crippen LogP) is 0.695. The zero-order valence-electron chi connectivity index (χ0n) is 10.9. The monoisotopic (exact) mass is 267 g/mol. The minimum atomic E-state index is -0.869. The highest BCUT2D eigenvalue weighted by Gasteiger charge is 2.34. The van der Waals surface area contributed by atoms with Gasteiger partial charge in [0.2, 0.25) is 5.88 Å². The van der Waals surface area contributed by atoms with Crippen LogP contribution in [0, 0.1) is 12.8 Å². The first-order valence-electron chi connectivity index (χ1n) is 6.15. The fourth-order valence-electron chi connectivity index (χ4n) is 1.98. The Balaban J connectivity index is 2.14. The molecule has 0 radical (unpaired) electrons. The Kier molecular flexibility index (Phi) is 4.16. The van der Waals surface area contributed by atoms with Gasteiger partial charge >= 0.3 is 5.97 Å². The number of hydrogen-bond donors (Lipinski definition) is 2. The van der Waals surface area contributed by atoms with Gasteiger partial charge in [0.1, 0.15) is 18.1 Å². The van der Waals surface area contributed by atoms with Crippen molar-refractivity contribution in [1.82, 2.24) is 9.97 Å². The van der Waals surface area contributed by atoms with Crippen molar-refractivity contribution in [1.29, 1.82) is 0 Å². The van der Waals surface area contributed by atoms with E-state index >= 15 is 0 Å². The molecule has 1 aromatic heterocycles. The van der Waals surface area contributed by atoms with Gasteiger partial charge in [0.25, 0.3) is 0 Å². The standard InChI is InChI=1S/C12H17N3O4/c1-3-19-11-7(2)10(13-6-14-11)15-9-5-18-4-8(9)12(16)17/h6,8-9H,3-5H2,1-2H3,(H,16,17)(H,13,14,15). The number of aromatic nitrogens is 2. The fourth-order valence-corrected chi connectivity index (χ4v) is 1.98. The van der Waals surface area contributed by atoms with Crippen LogP contribution in [0.2, 0.25) is 0 Å². The fraction of sp³-hybridized carbons (Fsp3) is 0.583. The molecule has 1 aliphatic rings. The molecule has 2 N–H and O–H groups in total. The van der Waals surface area contributed by atoms with Crippen molar-refractivity contribution < 1.29 is 19.4 Å². The molecule has 0 spiro atoms. The molecule has 0 bridgehead atoms. The van der Waals surface area contributed by atoms with Crippen molar-refractivity contribution in [3.63, 3.8) is 0 Å². The van der Waals surface area contributed by atoms with E-state index in [0.29, 0.717) is 24.9 Å². The molecule has 2 atom stereocenters. The van der Waals surface area contributed by atoms with E-state index in [1.54, 1.807) is 0 Å². The maximum Gasteiger partial charge on any atom is 0.311 e. The van der Waals surface area contributed by atoms with E-state index in [4.69, 9.17) is 14.6 Å². The lowest BCUT2D eigenvalue weighted by molar-refractivity contribution is -0.141. The van der Waals surface area contributed by atoms with Crippen LogP contribution in [0.15, 0.2) is 6.33 Å². The van der Waals surface area contributed by atoms with Gasteiger partial charge in [0.15, 0.2) is 0 Å². The van der Waals surface area contributed by atoms with Crippen molar-refractivity contribution >= 4 is 11.8 Å². The molecular formula is C12H17N3O4. The Morgan fingerprint density at radius 2 is 2.37 bits per heavy atom. The van der Waals surface area contributed by atoms with Crippen molar-refractivity contribution in [2.45, 2.75) is 19.9 Å². The zero-order chi connectivity index (χ0) is 13.8. The summed E-state index contributed by atoms with van der Waals surface area (Å²) < 4.78 is 10.6. The summed E-state index contributed by atoms with van der Waals surface area (Å²) in [5.74, 6) is -0.345. The number of ether oxygens (including phenoxy) is 2. The molecule has 104 valence electrons. The highest BCUT2D eigenvalue weighted by Crippen LogP contribution is 2.24. The van der Waals surface area contributed by atoms with Crippen molar-refractivity contribution in [3.8, 4) is 5.88 Å². The summed E-state index contributed by atoms with van der Waals surface area (Å²) in [6, 6.07) is -0.291. The van der Waals surface area contributed by atoms with E-state index in [1.807, 2.05) is 13.8 Å². The van der Waals surface area contributed by atoms with Crippen LogP contribution in [0.25, 0.3) is 0 Å². The van der Waals surface area contributed by atoms with Crippen molar-refractivity contribution in [2.75, 3.05) is 25.1 Å². The topological polar surface area (TPSA) is 93.6 Å².